The van der Waals surface area contributed by atoms with E-state index in [-0.39, 0.29) is 54.8 Å². The molecule has 0 atom stereocenters. The number of H-pyrrole nitrogens is 1. The zero-order chi connectivity index (χ0) is 29.4. The number of carbonyl (C=O) groups excluding carboxylic acids is 2. The fourth-order valence-corrected chi connectivity index (χ4v) is 5.86. The summed E-state index contributed by atoms with van der Waals surface area (Å²) in [7, 11) is 1.50. The van der Waals surface area contributed by atoms with E-state index >= 15 is 0 Å². The smallest absolute Gasteiger partial charge is 0.353 e. The van der Waals surface area contributed by atoms with E-state index in [1.165, 1.54) is 13.3 Å². The molecule has 1 amide bonds. The molecule has 1 aromatic carbocycles. The molecular formula is C29H37ClN6O7. The molecule has 3 fully saturated rings. The lowest BCUT2D eigenvalue weighted by molar-refractivity contribution is -0.162. The number of aryl methyl sites for hydroxylation is 1. The number of aromatic nitrogens is 4. The molecule has 3 saturated carbocycles. The number of fused-ring (bicyclic) bond motifs is 5. The van der Waals surface area contributed by atoms with Gasteiger partial charge in [0.25, 0.3) is 5.91 Å². The van der Waals surface area contributed by atoms with Crippen molar-refractivity contribution in [1.82, 2.24) is 24.7 Å². The van der Waals surface area contributed by atoms with Crippen molar-refractivity contribution < 1.29 is 28.6 Å². The first-order valence-corrected chi connectivity index (χ1v) is 13.4. The van der Waals surface area contributed by atoms with Crippen LogP contribution in [0, 0.1) is 17.8 Å². The predicted octanol–water partition coefficient (Wildman–Crippen LogP) is 3.62. The third-order valence-electron chi connectivity index (χ3n) is 8.42. The van der Waals surface area contributed by atoms with Gasteiger partial charge in [0.2, 0.25) is 0 Å². The van der Waals surface area contributed by atoms with Crippen LogP contribution in [-0.2, 0) is 16.1 Å². The maximum atomic E-state index is 12.4. The molecular weight excluding hydrogens is 580 g/mol. The second-order valence-electron chi connectivity index (χ2n) is 10.8. The number of amides is 1. The van der Waals surface area contributed by atoms with Crippen LogP contribution in [0.4, 0.5) is 0 Å². The number of rotatable bonds is 6. The van der Waals surface area contributed by atoms with Gasteiger partial charge in [-0.15, -0.1) is 12.4 Å². The Kier molecular flexibility index (Phi) is 10.0. The Morgan fingerprint density at radius 3 is 2.42 bits per heavy atom. The molecule has 3 aliphatic rings. The van der Waals surface area contributed by atoms with E-state index < -0.39 is 17.6 Å². The number of carbonyl (C=O) groups is 3. The van der Waals surface area contributed by atoms with E-state index in [0.717, 1.165) is 61.1 Å². The normalized spacial score (nSPS) is 20.3. The molecule has 0 aliphatic heterocycles. The Morgan fingerprint density at radius 1 is 1.14 bits per heavy atom. The molecule has 0 spiro atoms. The Hall–Kier alpha value is -4.23. The van der Waals surface area contributed by atoms with Gasteiger partial charge in [0.05, 0.1) is 12.5 Å². The number of hydrogen-bond acceptors (Lipinski definition) is 9. The number of esters is 1. The van der Waals surface area contributed by atoms with E-state index in [1.54, 1.807) is 25.1 Å². The summed E-state index contributed by atoms with van der Waals surface area (Å²) >= 11 is 0. The summed E-state index contributed by atoms with van der Waals surface area (Å²) in [6, 6.07) is 6.40. The fourth-order valence-electron chi connectivity index (χ4n) is 5.86. The van der Waals surface area contributed by atoms with Crippen molar-refractivity contribution >= 4 is 47.0 Å². The monoisotopic (exact) mass is 616 g/mol. The van der Waals surface area contributed by atoms with Gasteiger partial charge in [0, 0.05) is 25.7 Å². The standard InChI is InChI=1S/C17H13N5O5.C11H19NO2.CH4.ClH/c1-8-20-10-4-9(2-3-13(10)27-8)6-18-15(23)11-5-12(16(24)25)22-14(21-11)7-19-17(22)26;1-14-9(13)11-5-2-10(8-12,3-6-11)4-7-11;;/h2-5,7H,6H2,1H3,(H,18,23)(H,19,26)(H,24,25);2-8,12H2,1H3;1H4;1H. The molecule has 0 radical (unpaired) electrons. The van der Waals surface area contributed by atoms with Gasteiger partial charge in [0.1, 0.15) is 16.9 Å². The molecule has 3 heterocycles. The highest BCUT2D eigenvalue weighted by molar-refractivity contribution is 5.96. The summed E-state index contributed by atoms with van der Waals surface area (Å²) < 4.78 is 11.2. The predicted molar refractivity (Wildman–Crippen MR) is 160 cm³/mol. The average molecular weight is 617 g/mol. The van der Waals surface area contributed by atoms with Crippen LogP contribution in [0.1, 0.15) is 78.4 Å². The Bertz CT molecular complexity index is 1680. The topological polar surface area (TPSA) is 195 Å². The summed E-state index contributed by atoms with van der Waals surface area (Å²) in [5, 5.41) is 12.0. The number of nitrogens with zero attached hydrogens (tertiary/aromatic N) is 3. The fraction of sp³-hybridized carbons (Fsp3) is 0.448. The van der Waals surface area contributed by atoms with Gasteiger partial charge in [-0.3, -0.25) is 9.59 Å². The van der Waals surface area contributed by atoms with Gasteiger partial charge in [-0.25, -0.2) is 24.0 Å². The largest absolute Gasteiger partial charge is 0.477 e. The van der Waals surface area contributed by atoms with Gasteiger partial charge in [-0.05, 0) is 68.2 Å². The summed E-state index contributed by atoms with van der Waals surface area (Å²) in [4.78, 5) is 57.8. The number of carboxylic acid groups (broad SMARTS) is 1. The lowest BCUT2D eigenvalue weighted by Crippen LogP contribution is -2.49. The highest BCUT2D eigenvalue weighted by Crippen LogP contribution is 2.56. The highest BCUT2D eigenvalue weighted by atomic mass is 35.5. The van der Waals surface area contributed by atoms with Crippen LogP contribution in [0.5, 0.6) is 0 Å². The Morgan fingerprint density at radius 2 is 1.81 bits per heavy atom. The lowest BCUT2D eigenvalue weighted by Gasteiger charge is -2.51. The van der Waals surface area contributed by atoms with Crippen LogP contribution in [0.15, 0.2) is 39.7 Å². The minimum Gasteiger partial charge on any atom is -0.477 e. The zero-order valence-corrected chi connectivity index (χ0v) is 24.1. The lowest BCUT2D eigenvalue weighted by atomic mass is 9.54. The molecule has 13 nitrogen and oxygen atoms in total. The second-order valence-corrected chi connectivity index (χ2v) is 10.8. The number of benzene rings is 1. The van der Waals surface area contributed by atoms with Gasteiger partial charge < -0.3 is 30.3 Å². The molecule has 2 bridgehead atoms. The third kappa shape index (κ3) is 6.42. The Balaban J connectivity index is 0.000000269. The number of aromatic carboxylic acids is 1. The van der Waals surface area contributed by atoms with Crippen molar-refractivity contribution in [3.63, 3.8) is 0 Å². The molecule has 7 rings (SSSR count). The molecule has 0 unspecified atom stereocenters. The van der Waals surface area contributed by atoms with E-state index in [4.69, 9.17) is 14.9 Å². The molecule has 3 aromatic heterocycles. The quantitative estimate of drug-likeness (QED) is 0.232. The zero-order valence-electron chi connectivity index (χ0n) is 23.3. The number of hydrogen-bond donors (Lipinski definition) is 4. The molecule has 14 heteroatoms. The van der Waals surface area contributed by atoms with Crippen molar-refractivity contribution in [1.29, 1.82) is 0 Å². The van der Waals surface area contributed by atoms with Crippen molar-refractivity contribution in [3.8, 4) is 0 Å². The SMILES string of the molecule is C.COC(=O)C12CCC(CN)(CC1)CC2.Cc1nc2cc(CNC(=O)c3cc(C(=O)O)n4c(=O)[nH]cc4n3)ccc2o1.Cl. The number of aromatic amines is 1. The van der Waals surface area contributed by atoms with E-state index in [9.17, 15) is 24.3 Å². The Labute approximate surface area is 253 Å². The summed E-state index contributed by atoms with van der Waals surface area (Å²) in [5.74, 6) is -1.36. The molecule has 0 saturated heterocycles. The maximum Gasteiger partial charge on any atom is 0.353 e. The number of methoxy groups -OCH3 is 1. The van der Waals surface area contributed by atoms with Gasteiger partial charge in [0.15, 0.2) is 17.1 Å². The first kappa shape index (κ1) is 33.3. The molecule has 4 aromatic rings. The minimum atomic E-state index is -1.34. The number of halogens is 1. The van der Waals surface area contributed by atoms with Crippen molar-refractivity contribution in [2.75, 3.05) is 13.7 Å². The van der Waals surface area contributed by atoms with Gasteiger partial charge in [-0.1, -0.05) is 13.5 Å². The van der Waals surface area contributed by atoms with Crippen molar-refractivity contribution in [3.05, 3.63) is 63.8 Å². The second kappa shape index (κ2) is 13.0. The molecule has 43 heavy (non-hydrogen) atoms. The maximum absolute atomic E-state index is 12.4. The summed E-state index contributed by atoms with van der Waals surface area (Å²) in [6.45, 7) is 2.72. The van der Waals surface area contributed by atoms with E-state index in [2.05, 4.69) is 20.3 Å². The molecule has 5 N–H and O–H groups in total. The summed E-state index contributed by atoms with van der Waals surface area (Å²) in [6.07, 6.45) is 7.52. The molecule has 232 valence electrons. The van der Waals surface area contributed by atoms with Crippen LogP contribution in [-0.4, -0.2) is 56.0 Å². The van der Waals surface area contributed by atoms with Crippen LogP contribution < -0.4 is 16.7 Å². The number of ether oxygens (including phenoxy) is 1. The minimum absolute atomic E-state index is 0. The van der Waals surface area contributed by atoms with E-state index in [1.807, 2.05) is 0 Å². The number of nitrogens with one attached hydrogen (secondary N) is 2. The summed E-state index contributed by atoms with van der Waals surface area (Å²) in [5.41, 5.74) is 7.09. The van der Waals surface area contributed by atoms with Gasteiger partial charge in [-0.2, -0.15) is 0 Å². The van der Waals surface area contributed by atoms with Crippen LogP contribution >= 0.6 is 12.4 Å². The third-order valence-corrected chi connectivity index (χ3v) is 8.42. The first-order valence-electron chi connectivity index (χ1n) is 13.4. The van der Waals surface area contributed by atoms with Crippen molar-refractivity contribution in [2.45, 2.75) is 59.4 Å². The van der Waals surface area contributed by atoms with E-state index in [0.29, 0.717) is 22.4 Å². The number of nitrogens with two attached hydrogens (primary N) is 1. The van der Waals surface area contributed by atoms with Gasteiger partial charge >= 0.3 is 17.6 Å². The number of carboxylic acids is 1. The first-order chi connectivity index (χ1) is 19.6. The van der Waals surface area contributed by atoms with Crippen molar-refractivity contribution in [2.24, 2.45) is 16.6 Å². The number of oxazole rings is 1. The average Bonchev–Trinajstić information content (AvgIpc) is 3.56. The number of imidazole rings is 1. The van der Waals surface area contributed by atoms with Crippen LogP contribution in [0.25, 0.3) is 16.7 Å². The van der Waals surface area contributed by atoms with Crippen LogP contribution in [0.2, 0.25) is 0 Å². The molecule has 3 aliphatic carbocycles. The van der Waals surface area contributed by atoms with Crippen LogP contribution in [0.3, 0.4) is 0 Å². The highest BCUT2D eigenvalue weighted by Gasteiger charge is 2.52.